The van der Waals surface area contributed by atoms with Crippen LogP contribution < -0.4 is 0 Å². The molecule has 0 aromatic carbocycles. The van der Waals surface area contributed by atoms with Gasteiger partial charge in [-0.05, 0) is 0 Å². The number of unbranched alkanes of at least 4 members (excludes halogenated alkanes) is 1. The monoisotopic (exact) mass is 252 g/mol. The second-order valence-electron chi connectivity index (χ2n) is 0.854. The van der Waals surface area contributed by atoms with Gasteiger partial charge in [0.05, 0.1) is 0 Å². The van der Waals surface area contributed by atoms with Crippen LogP contribution in [0.25, 0.3) is 0 Å². The number of hydrogen-bond acceptors (Lipinski definition) is 0. The Morgan fingerprint density at radius 1 is 1.50 bits per heavy atom. The van der Waals surface area contributed by atoms with E-state index >= 15 is 0 Å². The van der Waals surface area contributed by atoms with Crippen LogP contribution in [0, 0.1) is 14.4 Å². The van der Waals surface area contributed by atoms with Crippen LogP contribution in [-0.4, -0.2) is 0 Å². The van der Waals surface area contributed by atoms with Crippen molar-refractivity contribution in [3.05, 3.63) is 14.4 Å². The summed E-state index contributed by atoms with van der Waals surface area (Å²) in [7, 11) is 0. The van der Waals surface area contributed by atoms with Gasteiger partial charge in [0.25, 0.3) is 0 Å². The molecule has 0 saturated heterocycles. The molecule has 0 saturated carbocycles. The second-order valence-corrected chi connectivity index (χ2v) is 0.854. The minimum absolute atomic E-state index is 0. The Balaban J connectivity index is -0.0000000450. The maximum atomic E-state index is 3.60. The Bertz CT molecular complexity index is 5.90. The molecule has 0 atom stereocenters. The zero-order valence-corrected chi connectivity index (χ0v) is 8.21. The average Bonchev–Trinajstić information content (AvgIpc) is 1.37. The topological polar surface area (TPSA) is 0 Å². The van der Waals surface area contributed by atoms with Crippen LogP contribution in [0.4, 0.5) is 0 Å². The fourth-order valence-corrected chi connectivity index (χ4v) is 0. The second kappa shape index (κ2) is 16.9. The Morgan fingerprint density at radius 3 is 1.67 bits per heavy atom. The molecule has 0 radical (unpaired) electrons. The van der Waals surface area contributed by atoms with E-state index in [9.17, 15) is 0 Å². The Hall–Kier alpha value is 0.870. The zero-order valence-electron chi connectivity index (χ0n) is 4.62. The maximum absolute atomic E-state index is 3.60. The van der Waals surface area contributed by atoms with Crippen LogP contribution in [0.5, 0.6) is 0 Å². The zero-order chi connectivity index (χ0) is 3.41. The maximum Gasteiger partial charge on any atom is 0 e. The molecule has 0 unspecified atom stereocenters. The summed E-state index contributed by atoms with van der Waals surface area (Å²) >= 11 is 0. The molecule has 38 valence electrons. The minimum Gasteiger partial charge on any atom is -0.358 e. The first-order valence-corrected chi connectivity index (χ1v) is 1.71. The Kier molecular flexibility index (Phi) is 44.5. The summed E-state index contributed by atoms with van der Waals surface area (Å²) in [6, 6.07) is 0. The standard InChI is InChI=1S/C4H9.CH3.Hf/c1-3-4-2;;/h1,3-4H2,2H3;1H3;/q2*-1;. The smallest absolute Gasteiger partial charge is 0 e. The van der Waals surface area contributed by atoms with Gasteiger partial charge in [0.2, 0.25) is 0 Å². The average molecular weight is 251 g/mol. The van der Waals surface area contributed by atoms with Crippen LogP contribution >= 0.6 is 0 Å². The van der Waals surface area contributed by atoms with Gasteiger partial charge in [-0.2, -0.15) is 6.42 Å². The summed E-state index contributed by atoms with van der Waals surface area (Å²) in [6.45, 7) is 5.72. The quantitative estimate of drug-likeness (QED) is 0.494. The fourth-order valence-electron chi connectivity index (χ4n) is 0. The molecule has 0 aromatic heterocycles. The fraction of sp³-hybridized carbons (Fsp3) is 0.600. The van der Waals surface area contributed by atoms with Gasteiger partial charge in [0.15, 0.2) is 0 Å². The van der Waals surface area contributed by atoms with E-state index in [0.717, 1.165) is 6.42 Å². The van der Waals surface area contributed by atoms with Gasteiger partial charge in [-0.1, -0.05) is 13.3 Å². The van der Waals surface area contributed by atoms with Crippen molar-refractivity contribution in [1.29, 1.82) is 0 Å². The summed E-state index contributed by atoms with van der Waals surface area (Å²) in [5, 5.41) is 0. The first-order valence-electron chi connectivity index (χ1n) is 1.71. The summed E-state index contributed by atoms with van der Waals surface area (Å²) in [5.41, 5.74) is 0. The van der Waals surface area contributed by atoms with Crippen molar-refractivity contribution in [3.63, 3.8) is 0 Å². The Morgan fingerprint density at radius 2 is 1.67 bits per heavy atom. The van der Waals surface area contributed by atoms with E-state index in [1.165, 1.54) is 6.42 Å². The van der Waals surface area contributed by atoms with Crippen LogP contribution in [0.2, 0.25) is 0 Å². The SMILES string of the molecule is [CH2-]CCC.[CH3-].[Hf]. The van der Waals surface area contributed by atoms with E-state index in [-0.39, 0.29) is 33.3 Å². The van der Waals surface area contributed by atoms with Crippen molar-refractivity contribution in [1.82, 2.24) is 0 Å². The van der Waals surface area contributed by atoms with Crippen molar-refractivity contribution >= 4 is 0 Å². The first-order chi connectivity index (χ1) is 1.91. The van der Waals surface area contributed by atoms with Crippen molar-refractivity contribution in [2.24, 2.45) is 0 Å². The molecular weight excluding hydrogens is 239 g/mol. The van der Waals surface area contributed by atoms with Gasteiger partial charge < -0.3 is 14.4 Å². The van der Waals surface area contributed by atoms with Crippen LogP contribution in [-0.2, 0) is 25.8 Å². The Labute approximate surface area is 60.1 Å². The van der Waals surface area contributed by atoms with E-state index in [0.29, 0.717) is 0 Å². The summed E-state index contributed by atoms with van der Waals surface area (Å²) in [4.78, 5) is 0. The molecule has 0 N–H and O–H groups in total. The van der Waals surface area contributed by atoms with Gasteiger partial charge in [-0.3, -0.25) is 0 Å². The van der Waals surface area contributed by atoms with Crippen LogP contribution in [0.1, 0.15) is 19.8 Å². The summed E-state index contributed by atoms with van der Waals surface area (Å²) in [6.07, 6.45) is 2.28. The molecule has 0 nitrogen and oxygen atoms in total. The molecule has 0 aliphatic rings. The van der Waals surface area contributed by atoms with Crippen molar-refractivity contribution in [2.75, 3.05) is 0 Å². The molecule has 0 fully saturated rings. The van der Waals surface area contributed by atoms with Gasteiger partial charge in [0, 0.05) is 25.8 Å². The molecule has 0 aliphatic heterocycles. The third-order valence-electron chi connectivity index (χ3n) is 0.354. The molecule has 0 amide bonds. The molecular formula is C5H12Hf-2. The minimum atomic E-state index is 0. The third kappa shape index (κ3) is 20.9. The van der Waals surface area contributed by atoms with Crippen molar-refractivity contribution in [2.45, 2.75) is 19.8 Å². The molecule has 0 heterocycles. The van der Waals surface area contributed by atoms with Gasteiger partial charge in [-0.15, -0.1) is 0 Å². The van der Waals surface area contributed by atoms with Gasteiger partial charge >= 0.3 is 0 Å². The third-order valence-corrected chi connectivity index (χ3v) is 0.354. The van der Waals surface area contributed by atoms with Gasteiger partial charge in [-0.25, -0.2) is 0 Å². The predicted octanol–water partition coefficient (Wildman–Crippen LogP) is 2.07. The molecule has 0 rings (SSSR count). The van der Waals surface area contributed by atoms with Crippen molar-refractivity contribution < 1.29 is 25.8 Å². The number of hydrogen-bond donors (Lipinski definition) is 0. The first kappa shape index (κ1) is 15.8. The van der Waals surface area contributed by atoms with E-state index in [2.05, 4.69) is 13.8 Å². The summed E-state index contributed by atoms with van der Waals surface area (Å²) < 4.78 is 0. The van der Waals surface area contributed by atoms with Gasteiger partial charge in [0.1, 0.15) is 0 Å². The number of rotatable bonds is 1. The normalized spacial score (nSPS) is 5.00. The van der Waals surface area contributed by atoms with E-state index in [1.54, 1.807) is 0 Å². The summed E-state index contributed by atoms with van der Waals surface area (Å²) in [5.74, 6) is 0. The van der Waals surface area contributed by atoms with Crippen LogP contribution in [0.3, 0.4) is 0 Å². The van der Waals surface area contributed by atoms with E-state index < -0.39 is 0 Å². The van der Waals surface area contributed by atoms with E-state index in [4.69, 9.17) is 0 Å². The molecule has 0 aliphatic carbocycles. The molecule has 0 spiro atoms. The molecule has 1 heteroatoms. The van der Waals surface area contributed by atoms with E-state index in [1.807, 2.05) is 0 Å². The van der Waals surface area contributed by atoms with Crippen molar-refractivity contribution in [3.8, 4) is 0 Å². The van der Waals surface area contributed by atoms with Crippen LogP contribution in [0.15, 0.2) is 0 Å². The molecule has 0 bridgehead atoms. The molecule has 0 aromatic rings. The predicted molar refractivity (Wildman–Crippen MR) is 26.7 cm³/mol. The molecule has 6 heavy (non-hydrogen) atoms. The largest absolute Gasteiger partial charge is 0.358 e.